The lowest BCUT2D eigenvalue weighted by Gasteiger charge is -2.28. The molecule has 2 heterocycles. The van der Waals surface area contributed by atoms with E-state index in [9.17, 15) is 22.4 Å². The van der Waals surface area contributed by atoms with Crippen LogP contribution >= 0.6 is 11.3 Å². The standard InChI is InChI=1S/C21H20F4N6O2S/c22-16-8-7-15(33-21(23,24)25)10-13(16)11-18(32)28-20-31-30-19(34-20)27-14-5-3-12(4-6-14)17-2-1-9-26-29-17/h1-2,7-10,12,14H,3-6,11H2,(H,27,30)(H,28,31,32). The van der Waals surface area contributed by atoms with Crippen molar-refractivity contribution in [2.24, 2.45) is 0 Å². The predicted molar refractivity (Wildman–Crippen MR) is 116 cm³/mol. The van der Waals surface area contributed by atoms with Gasteiger partial charge in [-0.15, -0.1) is 23.4 Å². The summed E-state index contributed by atoms with van der Waals surface area (Å²) in [7, 11) is 0. The van der Waals surface area contributed by atoms with Gasteiger partial charge in [0.15, 0.2) is 0 Å². The molecule has 0 spiro atoms. The molecule has 0 atom stereocenters. The molecule has 1 saturated carbocycles. The minimum Gasteiger partial charge on any atom is -0.406 e. The number of anilines is 2. The van der Waals surface area contributed by atoms with Crippen LogP contribution in [-0.2, 0) is 11.2 Å². The maximum absolute atomic E-state index is 13.9. The first-order chi connectivity index (χ1) is 16.2. The molecule has 8 nitrogen and oxygen atoms in total. The molecule has 2 aromatic heterocycles. The summed E-state index contributed by atoms with van der Waals surface area (Å²) in [6.07, 6.45) is -0.00455. The Morgan fingerprint density at radius 2 is 1.85 bits per heavy atom. The number of nitrogens with one attached hydrogen (secondary N) is 2. The van der Waals surface area contributed by atoms with E-state index in [1.807, 2.05) is 12.1 Å². The van der Waals surface area contributed by atoms with Gasteiger partial charge >= 0.3 is 6.36 Å². The number of benzene rings is 1. The van der Waals surface area contributed by atoms with E-state index in [2.05, 4.69) is 35.8 Å². The van der Waals surface area contributed by atoms with Crippen LogP contribution < -0.4 is 15.4 Å². The molecule has 0 bridgehead atoms. The highest BCUT2D eigenvalue weighted by Gasteiger charge is 2.31. The van der Waals surface area contributed by atoms with E-state index in [-0.39, 0.29) is 16.7 Å². The zero-order valence-corrected chi connectivity index (χ0v) is 18.5. The molecular formula is C21H20F4N6O2S. The van der Waals surface area contributed by atoms with Crippen LogP contribution in [0.15, 0.2) is 36.5 Å². The second kappa shape index (κ2) is 10.3. The van der Waals surface area contributed by atoms with Crippen LogP contribution in [0.25, 0.3) is 0 Å². The summed E-state index contributed by atoms with van der Waals surface area (Å²) in [6.45, 7) is 0. The van der Waals surface area contributed by atoms with Gasteiger partial charge in [0.1, 0.15) is 11.6 Å². The van der Waals surface area contributed by atoms with Gasteiger partial charge in [-0.25, -0.2) is 4.39 Å². The second-order valence-electron chi connectivity index (χ2n) is 7.78. The predicted octanol–water partition coefficient (Wildman–Crippen LogP) is 4.69. The van der Waals surface area contributed by atoms with Gasteiger partial charge in [0, 0.05) is 23.7 Å². The lowest BCUT2D eigenvalue weighted by atomic mass is 9.84. The van der Waals surface area contributed by atoms with Crippen LogP contribution in [0.2, 0.25) is 0 Å². The Bertz CT molecular complexity index is 1120. The number of alkyl halides is 3. The number of halogens is 4. The molecule has 2 N–H and O–H groups in total. The second-order valence-corrected chi connectivity index (χ2v) is 8.76. The highest BCUT2D eigenvalue weighted by Crippen LogP contribution is 2.33. The molecule has 0 aliphatic heterocycles. The molecule has 0 radical (unpaired) electrons. The van der Waals surface area contributed by atoms with Gasteiger partial charge in [-0.1, -0.05) is 11.3 Å². The normalized spacial score (nSPS) is 18.4. The summed E-state index contributed by atoms with van der Waals surface area (Å²) in [4.78, 5) is 12.3. The fraction of sp³-hybridized carbons (Fsp3) is 0.381. The number of rotatable bonds is 7. The van der Waals surface area contributed by atoms with Gasteiger partial charge in [0.25, 0.3) is 0 Å². The van der Waals surface area contributed by atoms with Crippen LogP contribution in [0.5, 0.6) is 5.75 Å². The number of carbonyl (C=O) groups is 1. The van der Waals surface area contributed by atoms with Crippen molar-refractivity contribution in [2.45, 2.75) is 50.4 Å². The first-order valence-corrected chi connectivity index (χ1v) is 11.3. The summed E-state index contributed by atoms with van der Waals surface area (Å²) in [5.74, 6) is -1.69. The largest absolute Gasteiger partial charge is 0.573 e. The van der Waals surface area contributed by atoms with E-state index in [4.69, 9.17) is 0 Å². The maximum atomic E-state index is 13.9. The summed E-state index contributed by atoms with van der Waals surface area (Å²) < 4.78 is 54.8. The third-order valence-electron chi connectivity index (χ3n) is 5.34. The van der Waals surface area contributed by atoms with E-state index >= 15 is 0 Å². The average Bonchev–Trinajstić information content (AvgIpc) is 3.22. The monoisotopic (exact) mass is 496 g/mol. The Kier molecular flexibility index (Phi) is 7.20. The van der Waals surface area contributed by atoms with E-state index in [0.717, 1.165) is 60.9 Å². The van der Waals surface area contributed by atoms with Crippen LogP contribution in [-0.4, -0.2) is 38.7 Å². The molecule has 34 heavy (non-hydrogen) atoms. The molecule has 4 rings (SSSR count). The van der Waals surface area contributed by atoms with E-state index in [1.165, 1.54) is 0 Å². The molecule has 1 aliphatic rings. The molecular weight excluding hydrogens is 476 g/mol. The lowest BCUT2D eigenvalue weighted by molar-refractivity contribution is -0.274. The lowest BCUT2D eigenvalue weighted by Crippen LogP contribution is -2.25. The van der Waals surface area contributed by atoms with Crippen molar-refractivity contribution in [3.05, 3.63) is 53.6 Å². The van der Waals surface area contributed by atoms with Crippen molar-refractivity contribution in [1.82, 2.24) is 20.4 Å². The topological polar surface area (TPSA) is 102 Å². The van der Waals surface area contributed by atoms with Crippen LogP contribution in [0.4, 0.5) is 27.8 Å². The Balaban J connectivity index is 1.28. The summed E-state index contributed by atoms with van der Waals surface area (Å²) >= 11 is 1.12. The zero-order valence-electron chi connectivity index (χ0n) is 17.7. The molecule has 13 heteroatoms. The smallest absolute Gasteiger partial charge is 0.406 e. The van der Waals surface area contributed by atoms with Crippen LogP contribution in [0, 0.1) is 5.82 Å². The fourth-order valence-corrected chi connectivity index (χ4v) is 4.53. The summed E-state index contributed by atoms with van der Waals surface area (Å²) in [6, 6.07) is 6.56. The molecule has 1 aliphatic carbocycles. The van der Waals surface area contributed by atoms with E-state index in [0.29, 0.717) is 11.0 Å². The van der Waals surface area contributed by atoms with Crippen LogP contribution in [0.3, 0.4) is 0 Å². The van der Waals surface area contributed by atoms with Crippen molar-refractivity contribution >= 4 is 27.5 Å². The number of aromatic nitrogens is 4. The molecule has 1 amide bonds. The Hall–Kier alpha value is -3.35. The third kappa shape index (κ3) is 6.59. The number of carbonyl (C=O) groups excluding carboxylic acids is 1. The first-order valence-electron chi connectivity index (χ1n) is 10.5. The quantitative estimate of drug-likeness (QED) is 0.458. The number of nitrogens with zero attached hydrogens (tertiary/aromatic N) is 4. The average molecular weight is 496 g/mol. The number of ether oxygens (including phenoxy) is 1. The zero-order chi connectivity index (χ0) is 24.1. The number of amides is 1. The van der Waals surface area contributed by atoms with Crippen molar-refractivity contribution in [3.8, 4) is 5.75 Å². The van der Waals surface area contributed by atoms with Gasteiger partial charge in [0.2, 0.25) is 16.2 Å². The highest BCUT2D eigenvalue weighted by atomic mass is 32.1. The van der Waals surface area contributed by atoms with E-state index in [1.54, 1.807) is 6.20 Å². The van der Waals surface area contributed by atoms with Crippen molar-refractivity contribution in [3.63, 3.8) is 0 Å². The fourth-order valence-electron chi connectivity index (χ4n) is 3.79. The minimum absolute atomic E-state index is 0.198. The van der Waals surface area contributed by atoms with E-state index < -0.39 is 30.3 Å². The molecule has 3 aromatic rings. The molecule has 180 valence electrons. The summed E-state index contributed by atoms with van der Waals surface area (Å²) in [5, 5.41) is 22.6. The van der Waals surface area contributed by atoms with Gasteiger partial charge in [-0.2, -0.15) is 10.2 Å². The maximum Gasteiger partial charge on any atom is 0.573 e. The molecule has 0 unspecified atom stereocenters. The Labute approximate surface area is 195 Å². The molecule has 1 aromatic carbocycles. The van der Waals surface area contributed by atoms with Gasteiger partial charge < -0.3 is 15.4 Å². The summed E-state index contributed by atoms with van der Waals surface area (Å²) in [5.41, 5.74) is 0.760. The van der Waals surface area contributed by atoms with Crippen LogP contribution in [0.1, 0.15) is 42.9 Å². The van der Waals surface area contributed by atoms with Crippen molar-refractivity contribution < 1.29 is 27.1 Å². The minimum atomic E-state index is -4.91. The molecule has 1 fully saturated rings. The molecule has 0 saturated heterocycles. The van der Waals surface area contributed by atoms with Gasteiger partial charge in [0.05, 0.1) is 12.1 Å². The third-order valence-corrected chi connectivity index (χ3v) is 6.11. The Morgan fingerprint density at radius 3 is 2.56 bits per heavy atom. The SMILES string of the molecule is O=C(Cc1cc(OC(F)(F)F)ccc1F)Nc1nnc(NC2CCC(c3cccnn3)CC2)s1. The Morgan fingerprint density at radius 1 is 1.09 bits per heavy atom. The van der Waals surface area contributed by atoms with Crippen molar-refractivity contribution in [2.75, 3.05) is 10.6 Å². The first kappa shape index (κ1) is 23.8. The number of hydrogen-bond donors (Lipinski definition) is 2. The highest BCUT2D eigenvalue weighted by molar-refractivity contribution is 7.19. The van der Waals surface area contributed by atoms with Gasteiger partial charge in [-0.05, 0) is 56.0 Å². The number of hydrogen-bond acceptors (Lipinski definition) is 8. The van der Waals surface area contributed by atoms with Gasteiger partial charge in [-0.3, -0.25) is 4.79 Å². The van der Waals surface area contributed by atoms with Crippen molar-refractivity contribution in [1.29, 1.82) is 0 Å².